The summed E-state index contributed by atoms with van der Waals surface area (Å²) in [5.74, 6) is 1.59. The van der Waals surface area contributed by atoms with Gasteiger partial charge in [0.15, 0.2) is 0 Å². The molecule has 1 saturated carbocycles. The molecule has 2 fully saturated rings. The summed E-state index contributed by atoms with van der Waals surface area (Å²) in [6.45, 7) is 2.09. The van der Waals surface area contributed by atoms with Gasteiger partial charge < -0.3 is 16.0 Å². The summed E-state index contributed by atoms with van der Waals surface area (Å²) in [6.07, 6.45) is 12.7. The monoisotopic (exact) mass is 397 g/mol. The third-order valence-corrected chi connectivity index (χ3v) is 6.66. The molecule has 1 atom stereocenters. The van der Waals surface area contributed by atoms with Crippen LogP contribution in [0.2, 0.25) is 0 Å². The van der Waals surface area contributed by atoms with Gasteiger partial charge in [0.05, 0.1) is 28.1 Å². The Balaban J connectivity index is 1.36. The first kappa shape index (κ1) is 17.9. The van der Waals surface area contributed by atoms with Gasteiger partial charge in [0, 0.05) is 18.8 Å². The Labute approximate surface area is 169 Å². The van der Waals surface area contributed by atoms with E-state index in [-0.39, 0.29) is 0 Å². The predicted molar refractivity (Wildman–Crippen MR) is 115 cm³/mol. The third-order valence-electron chi connectivity index (χ3n) is 5.75. The van der Waals surface area contributed by atoms with Gasteiger partial charge in [0.2, 0.25) is 5.95 Å². The van der Waals surface area contributed by atoms with Gasteiger partial charge in [0.1, 0.15) is 5.82 Å². The van der Waals surface area contributed by atoms with Crippen LogP contribution < -0.4 is 16.0 Å². The Morgan fingerprint density at radius 1 is 1.11 bits per heavy atom. The van der Waals surface area contributed by atoms with Crippen molar-refractivity contribution in [1.82, 2.24) is 25.1 Å². The lowest BCUT2D eigenvalue weighted by Gasteiger charge is -2.23. The van der Waals surface area contributed by atoms with Gasteiger partial charge in [-0.25, -0.2) is 4.98 Å². The molecule has 1 aliphatic heterocycles. The smallest absolute Gasteiger partial charge is 0.229 e. The normalized spacial score (nSPS) is 21.1. The van der Waals surface area contributed by atoms with Crippen molar-refractivity contribution in [1.29, 1.82) is 0 Å². The minimum atomic E-state index is 0.424. The van der Waals surface area contributed by atoms with Crippen LogP contribution in [-0.2, 0) is 0 Å². The summed E-state index contributed by atoms with van der Waals surface area (Å²) in [4.78, 5) is 9.52. The van der Waals surface area contributed by atoms with E-state index in [0.717, 1.165) is 34.8 Å². The molecule has 1 aliphatic carbocycles. The van der Waals surface area contributed by atoms with E-state index in [1.807, 2.05) is 6.20 Å². The second-order valence-electron chi connectivity index (χ2n) is 7.84. The van der Waals surface area contributed by atoms with E-state index in [2.05, 4.69) is 43.4 Å². The summed E-state index contributed by atoms with van der Waals surface area (Å²) in [5.41, 5.74) is 1.92. The van der Waals surface area contributed by atoms with Crippen molar-refractivity contribution in [3.63, 3.8) is 0 Å². The molecule has 7 nitrogen and oxygen atoms in total. The van der Waals surface area contributed by atoms with Crippen LogP contribution in [0.25, 0.3) is 10.2 Å². The lowest BCUT2D eigenvalue weighted by atomic mass is 9.95. The molecular weight excluding hydrogens is 370 g/mol. The summed E-state index contributed by atoms with van der Waals surface area (Å²) < 4.78 is 3.19. The first-order valence-electron chi connectivity index (χ1n) is 10.4. The molecule has 8 heteroatoms. The van der Waals surface area contributed by atoms with Crippen LogP contribution in [-0.4, -0.2) is 38.9 Å². The average Bonchev–Trinajstić information content (AvgIpc) is 3.39. The molecule has 3 N–H and O–H groups in total. The number of nitrogens with zero attached hydrogens (tertiary/aromatic N) is 4. The molecule has 0 amide bonds. The van der Waals surface area contributed by atoms with Crippen LogP contribution in [0.1, 0.15) is 51.0 Å². The summed E-state index contributed by atoms with van der Waals surface area (Å²) in [7, 11) is 0. The van der Waals surface area contributed by atoms with E-state index in [4.69, 9.17) is 9.97 Å². The standard InChI is InChI=1S/C20H27N7S/c1-2-5-14(6-3-1)23-19-18-17(8-10-28-18)25-20(26-19)24-15-11-22-27(13-15)16-7-4-9-21-12-16/h8,10-11,13-14,16,21H,1-7,9,12H2,(H2,23,24,25,26). The number of thiophene rings is 1. The number of anilines is 3. The highest BCUT2D eigenvalue weighted by molar-refractivity contribution is 7.17. The zero-order valence-corrected chi connectivity index (χ0v) is 16.8. The number of piperidine rings is 1. The fourth-order valence-electron chi connectivity index (χ4n) is 4.25. The Bertz CT molecular complexity index is 922. The van der Waals surface area contributed by atoms with Crippen LogP contribution in [0.15, 0.2) is 23.8 Å². The van der Waals surface area contributed by atoms with Crippen molar-refractivity contribution >= 4 is 39.0 Å². The molecule has 1 unspecified atom stereocenters. The van der Waals surface area contributed by atoms with Gasteiger partial charge in [-0.2, -0.15) is 10.1 Å². The topological polar surface area (TPSA) is 79.7 Å². The maximum Gasteiger partial charge on any atom is 0.229 e. The summed E-state index contributed by atoms with van der Waals surface area (Å²) in [6, 6.07) is 3.01. The largest absolute Gasteiger partial charge is 0.366 e. The van der Waals surface area contributed by atoms with Gasteiger partial charge in [0.25, 0.3) is 0 Å². The van der Waals surface area contributed by atoms with Crippen LogP contribution >= 0.6 is 11.3 Å². The number of rotatable bonds is 5. The minimum Gasteiger partial charge on any atom is -0.366 e. The molecule has 0 aromatic carbocycles. The van der Waals surface area contributed by atoms with Crippen molar-refractivity contribution in [2.24, 2.45) is 0 Å². The van der Waals surface area contributed by atoms with E-state index in [9.17, 15) is 0 Å². The zero-order chi connectivity index (χ0) is 18.8. The molecule has 5 rings (SSSR count). The number of nitrogens with one attached hydrogen (secondary N) is 3. The van der Waals surface area contributed by atoms with E-state index >= 15 is 0 Å². The van der Waals surface area contributed by atoms with Crippen molar-refractivity contribution < 1.29 is 0 Å². The van der Waals surface area contributed by atoms with Crippen LogP contribution in [0.4, 0.5) is 17.5 Å². The van der Waals surface area contributed by atoms with Gasteiger partial charge in [-0.15, -0.1) is 11.3 Å². The quantitative estimate of drug-likeness (QED) is 0.596. The highest BCUT2D eigenvalue weighted by atomic mass is 32.1. The van der Waals surface area contributed by atoms with Crippen molar-refractivity contribution in [3.8, 4) is 0 Å². The lowest BCUT2D eigenvalue weighted by molar-refractivity contribution is 0.347. The molecule has 0 bridgehead atoms. The van der Waals surface area contributed by atoms with E-state index < -0.39 is 0 Å². The van der Waals surface area contributed by atoms with Gasteiger partial charge in [-0.1, -0.05) is 19.3 Å². The molecule has 2 aliphatic rings. The van der Waals surface area contributed by atoms with Crippen LogP contribution in [0.3, 0.4) is 0 Å². The van der Waals surface area contributed by atoms with Crippen molar-refractivity contribution in [3.05, 3.63) is 23.8 Å². The number of hydrogen-bond donors (Lipinski definition) is 3. The molecule has 28 heavy (non-hydrogen) atoms. The fourth-order valence-corrected chi connectivity index (χ4v) is 5.03. The second-order valence-corrected chi connectivity index (χ2v) is 8.76. The Kier molecular flexibility index (Phi) is 5.14. The molecule has 1 saturated heterocycles. The molecule has 4 heterocycles. The maximum atomic E-state index is 4.81. The molecule has 3 aromatic heterocycles. The highest BCUT2D eigenvalue weighted by Crippen LogP contribution is 2.31. The number of hydrogen-bond acceptors (Lipinski definition) is 7. The molecule has 0 spiro atoms. The number of aromatic nitrogens is 4. The predicted octanol–water partition coefficient (Wildman–Crippen LogP) is 4.30. The summed E-state index contributed by atoms with van der Waals surface area (Å²) in [5, 5.41) is 17.1. The second kappa shape index (κ2) is 8.05. The third kappa shape index (κ3) is 3.84. The van der Waals surface area contributed by atoms with E-state index in [1.165, 1.54) is 44.9 Å². The average molecular weight is 398 g/mol. The van der Waals surface area contributed by atoms with Crippen molar-refractivity contribution in [2.45, 2.75) is 57.0 Å². The molecule has 0 radical (unpaired) electrons. The first-order chi connectivity index (χ1) is 13.8. The summed E-state index contributed by atoms with van der Waals surface area (Å²) >= 11 is 1.70. The van der Waals surface area contributed by atoms with Crippen molar-refractivity contribution in [2.75, 3.05) is 23.7 Å². The van der Waals surface area contributed by atoms with Gasteiger partial charge >= 0.3 is 0 Å². The Morgan fingerprint density at radius 3 is 2.89 bits per heavy atom. The highest BCUT2D eigenvalue weighted by Gasteiger charge is 2.18. The Morgan fingerprint density at radius 2 is 2.04 bits per heavy atom. The van der Waals surface area contributed by atoms with Crippen LogP contribution in [0, 0.1) is 0 Å². The molecule has 3 aromatic rings. The molecule has 148 valence electrons. The lowest BCUT2D eigenvalue weighted by Crippen LogP contribution is -2.31. The van der Waals surface area contributed by atoms with Crippen LogP contribution in [0.5, 0.6) is 0 Å². The minimum absolute atomic E-state index is 0.424. The van der Waals surface area contributed by atoms with E-state index in [1.54, 1.807) is 11.3 Å². The first-order valence-corrected chi connectivity index (χ1v) is 11.3. The Hall–Kier alpha value is -2.19. The van der Waals surface area contributed by atoms with Gasteiger partial charge in [-0.05, 0) is 43.7 Å². The zero-order valence-electron chi connectivity index (χ0n) is 16.0. The van der Waals surface area contributed by atoms with Gasteiger partial charge in [-0.3, -0.25) is 4.68 Å². The number of fused-ring (bicyclic) bond motifs is 1. The SMILES string of the molecule is c1cc2nc(Nc3cnn(C4CCCNC4)c3)nc(NC3CCCCC3)c2s1. The molecular formula is C20H27N7S. The van der Waals surface area contributed by atoms with E-state index in [0.29, 0.717) is 18.0 Å². The maximum absolute atomic E-state index is 4.81. The fraction of sp³-hybridized carbons (Fsp3) is 0.550.